The Hall–Kier alpha value is -3.83. The molecule has 1 fully saturated rings. The number of rotatable bonds is 7. The number of para-hydroxylation sites is 1. The zero-order valence-electron chi connectivity index (χ0n) is 24.6. The van der Waals surface area contributed by atoms with Gasteiger partial charge in [0.1, 0.15) is 22.1 Å². The monoisotopic (exact) mass is 633 g/mol. The number of carbonyl (C=O) groups is 1. The molecule has 1 heterocycles. The van der Waals surface area contributed by atoms with E-state index in [1.807, 2.05) is 73.4 Å². The van der Waals surface area contributed by atoms with Gasteiger partial charge in [-0.2, -0.15) is 5.26 Å². The van der Waals surface area contributed by atoms with Crippen molar-refractivity contribution in [2.24, 2.45) is 29.3 Å². The smallest absolute Gasteiger partial charge is 0.311 e. The Balaban J connectivity index is 0.000000237. The van der Waals surface area contributed by atoms with E-state index in [1.165, 1.54) is 11.1 Å². The van der Waals surface area contributed by atoms with Crippen molar-refractivity contribution in [2.45, 2.75) is 33.8 Å². The van der Waals surface area contributed by atoms with E-state index in [2.05, 4.69) is 37.0 Å². The summed E-state index contributed by atoms with van der Waals surface area (Å²) in [6, 6.07) is 24.6. The summed E-state index contributed by atoms with van der Waals surface area (Å²) in [4.78, 5) is 18.3. The number of esters is 1. The summed E-state index contributed by atoms with van der Waals surface area (Å²) >= 11 is 13.1. The third-order valence-electron chi connectivity index (χ3n) is 7.29. The predicted molar refractivity (Wildman–Crippen MR) is 172 cm³/mol. The van der Waals surface area contributed by atoms with Crippen LogP contribution in [0, 0.1) is 42.4 Å². The van der Waals surface area contributed by atoms with Crippen molar-refractivity contribution in [3.05, 3.63) is 116 Å². The predicted octanol–water partition coefficient (Wildman–Crippen LogP) is 9.11. The molecule has 3 aromatic carbocycles. The fourth-order valence-electron chi connectivity index (χ4n) is 4.77. The number of aromatic nitrogens is 1. The molecule has 43 heavy (non-hydrogen) atoms. The molecule has 1 aliphatic carbocycles. The van der Waals surface area contributed by atoms with Crippen molar-refractivity contribution in [3.8, 4) is 17.6 Å². The highest BCUT2D eigenvalue weighted by Crippen LogP contribution is 2.60. The Morgan fingerprint density at radius 1 is 1.07 bits per heavy atom. The lowest BCUT2D eigenvalue weighted by atomic mass is 10.1. The van der Waals surface area contributed by atoms with E-state index in [0.717, 1.165) is 10.5 Å². The topological polar surface area (TPSA) is 76.6 Å². The number of halogens is 2. The zero-order valence-corrected chi connectivity index (χ0v) is 27.0. The number of hydrogen-bond acceptors (Lipinski definition) is 6. The minimum Gasteiger partial charge on any atom is -0.457 e. The van der Waals surface area contributed by atoms with Crippen LogP contribution in [0.15, 0.2) is 99.9 Å². The van der Waals surface area contributed by atoms with Crippen LogP contribution < -0.4 is 9.54 Å². The maximum Gasteiger partial charge on any atom is 0.311 e. The maximum atomic E-state index is 12.6. The number of nitrogens with zero attached hydrogens (tertiary/aromatic N) is 3. The van der Waals surface area contributed by atoms with Gasteiger partial charge in [-0.25, -0.2) is 4.99 Å². The normalized spacial score (nSPS) is 17.5. The first kappa shape index (κ1) is 32.1. The number of aryl methyl sites for hydroxylation is 3. The van der Waals surface area contributed by atoms with Crippen molar-refractivity contribution in [2.75, 3.05) is 0 Å². The van der Waals surface area contributed by atoms with E-state index in [0.29, 0.717) is 17.1 Å². The van der Waals surface area contributed by atoms with Gasteiger partial charge in [0.25, 0.3) is 0 Å². The van der Waals surface area contributed by atoms with Gasteiger partial charge in [-0.1, -0.05) is 85.1 Å². The highest BCUT2D eigenvalue weighted by atomic mass is 35.5. The Morgan fingerprint density at radius 3 is 2.42 bits per heavy atom. The second-order valence-corrected chi connectivity index (χ2v) is 12.8. The Kier molecular flexibility index (Phi) is 10.5. The van der Waals surface area contributed by atoms with Crippen LogP contribution in [-0.2, 0) is 16.6 Å². The fourth-order valence-corrected chi connectivity index (χ4v) is 5.78. The van der Waals surface area contributed by atoms with Gasteiger partial charge in [-0.05, 0) is 67.2 Å². The summed E-state index contributed by atoms with van der Waals surface area (Å²) in [5.74, 6) is 0.289. The van der Waals surface area contributed by atoms with Crippen LogP contribution >= 0.6 is 34.5 Å². The number of hydrogen-bond donors (Lipinski definition) is 0. The van der Waals surface area contributed by atoms with Gasteiger partial charge in [0.2, 0.25) is 6.10 Å². The van der Waals surface area contributed by atoms with Gasteiger partial charge in [-0.3, -0.25) is 4.79 Å². The van der Waals surface area contributed by atoms with Crippen LogP contribution in [0.5, 0.6) is 11.5 Å². The van der Waals surface area contributed by atoms with Crippen molar-refractivity contribution >= 4 is 46.2 Å². The number of carbonyl (C=O) groups excluding carboxylic acids is 1. The molecule has 0 spiro atoms. The third-order valence-corrected chi connectivity index (χ3v) is 8.39. The highest BCUT2D eigenvalue weighted by Gasteiger charge is 2.62. The van der Waals surface area contributed by atoms with E-state index in [-0.39, 0.29) is 21.7 Å². The van der Waals surface area contributed by atoms with Gasteiger partial charge in [-0.15, -0.1) is 11.3 Å². The molecule has 222 valence electrons. The van der Waals surface area contributed by atoms with Gasteiger partial charge < -0.3 is 14.0 Å². The Bertz CT molecular complexity index is 1720. The molecule has 9 heteroatoms. The SMILES string of the molecule is CC1(C)C(C=C(Cl)Cl)C1C(=O)OC(C#N)c1cccc(Oc2ccccc2)c1.Cc1ccc(N=c2sccn2C)c(C)c1. The lowest BCUT2D eigenvalue weighted by Gasteiger charge is -2.13. The van der Waals surface area contributed by atoms with Crippen molar-refractivity contribution in [1.29, 1.82) is 5.26 Å². The fraction of sp³-hybridized carbons (Fsp3) is 0.265. The molecular weight excluding hydrogens is 601 g/mol. The molecule has 5 rings (SSSR count). The summed E-state index contributed by atoms with van der Waals surface area (Å²) in [6.45, 7) is 8.07. The first-order valence-electron chi connectivity index (χ1n) is 13.7. The molecule has 1 saturated carbocycles. The van der Waals surface area contributed by atoms with E-state index in [1.54, 1.807) is 41.7 Å². The lowest BCUT2D eigenvalue weighted by molar-refractivity contribution is -0.149. The first-order valence-corrected chi connectivity index (χ1v) is 15.3. The summed E-state index contributed by atoms with van der Waals surface area (Å²) in [5.41, 5.74) is 3.79. The quantitative estimate of drug-likeness (QED) is 0.190. The third kappa shape index (κ3) is 8.39. The number of nitriles is 1. The molecule has 0 saturated heterocycles. The van der Waals surface area contributed by atoms with Gasteiger partial charge in [0, 0.05) is 24.2 Å². The van der Waals surface area contributed by atoms with Crippen molar-refractivity contribution < 1.29 is 14.3 Å². The van der Waals surface area contributed by atoms with Gasteiger partial charge in [0.05, 0.1) is 11.6 Å². The molecular formula is C34H33Cl2N3O3S. The number of allylic oxidation sites excluding steroid dienone is 1. The zero-order chi connectivity index (χ0) is 31.1. The summed E-state index contributed by atoms with van der Waals surface area (Å²) in [5, 5.41) is 11.6. The molecule has 3 unspecified atom stereocenters. The summed E-state index contributed by atoms with van der Waals surface area (Å²) in [6.07, 6.45) is 2.64. The molecule has 1 aromatic heterocycles. The van der Waals surface area contributed by atoms with Crippen LogP contribution in [0.25, 0.3) is 0 Å². The summed E-state index contributed by atoms with van der Waals surface area (Å²) < 4.78 is 13.4. The molecule has 0 bridgehead atoms. The Labute approximate surface area is 266 Å². The molecule has 4 aromatic rings. The van der Waals surface area contributed by atoms with E-state index in [4.69, 9.17) is 32.7 Å². The number of thiazole rings is 1. The number of benzene rings is 3. The average molecular weight is 635 g/mol. The van der Waals surface area contributed by atoms with E-state index in [9.17, 15) is 10.1 Å². The van der Waals surface area contributed by atoms with Crippen molar-refractivity contribution in [1.82, 2.24) is 4.57 Å². The first-order chi connectivity index (χ1) is 20.5. The van der Waals surface area contributed by atoms with Crippen LogP contribution in [0.2, 0.25) is 0 Å². The molecule has 0 N–H and O–H groups in total. The number of ether oxygens (including phenoxy) is 2. The minimum absolute atomic E-state index is 0.114. The second-order valence-electron chi connectivity index (χ2n) is 10.9. The second kappa shape index (κ2) is 14.1. The average Bonchev–Trinajstić information content (AvgIpc) is 3.26. The lowest BCUT2D eigenvalue weighted by Crippen LogP contribution is -2.14. The molecule has 0 radical (unpaired) electrons. The Morgan fingerprint density at radius 2 is 1.79 bits per heavy atom. The summed E-state index contributed by atoms with van der Waals surface area (Å²) in [7, 11) is 2.01. The molecule has 1 aliphatic rings. The standard InChI is InChI=1S/C22H19Cl2NO3.C12H14N2S/c1-22(2)17(12-19(23)24)20(22)21(26)28-18(13-25)14-7-6-10-16(11-14)27-15-8-4-3-5-9-15;1-9-4-5-11(10(2)8-9)13-12-14(3)6-7-15-12/h3-12,17-18,20H,1-2H3;4-8H,1-3H3. The van der Waals surface area contributed by atoms with E-state index >= 15 is 0 Å². The van der Waals surface area contributed by atoms with Crippen LogP contribution in [0.4, 0.5) is 5.69 Å². The van der Waals surface area contributed by atoms with Crippen molar-refractivity contribution in [3.63, 3.8) is 0 Å². The maximum absolute atomic E-state index is 12.6. The largest absolute Gasteiger partial charge is 0.457 e. The van der Waals surface area contributed by atoms with Crippen LogP contribution in [0.3, 0.4) is 0 Å². The van der Waals surface area contributed by atoms with E-state index < -0.39 is 12.1 Å². The molecule has 6 nitrogen and oxygen atoms in total. The molecule has 3 atom stereocenters. The minimum atomic E-state index is -1.03. The molecule has 0 aliphatic heterocycles. The van der Waals surface area contributed by atoms with Gasteiger partial charge in [0.15, 0.2) is 4.80 Å². The molecule has 0 amide bonds. The van der Waals surface area contributed by atoms with Crippen LogP contribution in [-0.4, -0.2) is 10.5 Å². The highest BCUT2D eigenvalue weighted by molar-refractivity contribution is 7.07. The van der Waals surface area contributed by atoms with Crippen LogP contribution in [0.1, 0.15) is 36.6 Å². The van der Waals surface area contributed by atoms with Gasteiger partial charge >= 0.3 is 5.97 Å².